The predicted molar refractivity (Wildman–Crippen MR) is 109 cm³/mol. The molecule has 2 aromatic carbocycles. The van der Waals surface area contributed by atoms with Crippen LogP contribution in [-0.4, -0.2) is 32.9 Å². The average molecular weight is 484 g/mol. The number of carboxylic acids is 2. The van der Waals surface area contributed by atoms with Crippen molar-refractivity contribution >= 4 is 33.5 Å². The molecule has 0 aliphatic rings. The van der Waals surface area contributed by atoms with E-state index in [9.17, 15) is 19.8 Å². The second-order valence-corrected chi connectivity index (χ2v) is 5.34. The molecule has 4 rings (SSSR count). The van der Waals surface area contributed by atoms with Gasteiger partial charge in [0.15, 0.2) is 0 Å². The maximum absolute atomic E-state index is 10.6. The SMILES string of the molecule is O.O.O=C([O-])c1nccc2ccccc12.O=C([O-])c1nccc2ccccc12.[OH3+].[OH3+].[Zn+2]. The molecule has 0 radical (unpaired) electrons. The third-order valence-corrected chi connectivity index (χ3v) is 3.73. The van der Waals surface area contributed by atoms with Gasteiger partial charge in [0, 0.05) is 23.2 Å². The predicted octanol–water partition coefficient (Wildman–Crippen LogP) is -2.30. The molecule has 31 heavy (non-hydrogen) atoms. The first-order valence-electron chi connectivity index (χ1n) is 7.68. The number of pyridine rings is 2. The molecular weight excluding hydrogens is 462 g/mol. The van der Waals surface area contributed by atoms with Crippen LogP contribution in [0.15, 0.2) is 73.1 Å². The summed E-state index contributed by atoms with van der Waals surface area (Å²) in [7, 11) is 0. The summed E-state index contributed by atoms with van der Waals surface area (Å²) in [5.41, 5.74) is -0.00352. The molecular formula is C20H22N2O8Zn+2. The van der Waals surface area contributed by atoms with Crippen molar-refractivity contribution in [1.82, 2.24) is 9.97 Å². The van der Waals surface area contributed by atoms with Crippen molar-refractivity contribution in [3.05, 3.63) is 84.4 Å². The minimum absolute atomic E-state index is 0. The third kappa shape index (κ3) is 7.45. The molecule has 0 fully saturated rings. The molecule has 4 aromatic rings. The second-order valence-electron chi connectivity index (χ2n) is 5.34. The van der Waals surface area contributed by atoms with Gasteiger partial charge in [-0.2, -0.15) is 0 Å². The Morgan fingerprint density at radius 1 is 0.613 bits per heavy atom. The minimum atomic E-state index is -1.24. The van der Waals surface area contributed by atoms with E-state index in [1.165, 1.54) is 12.4 Å². The summed E-state index contributed by atoms with van der Waals surface area (Å²) in [4.78, 5) is 28.8. The molecule has 0 amide bonds. The van der Waals surface area contributed by atoms with Gasteiger partial charge in [-0.25, -0.2) is 0 Å². The van der Waals surface area contributed by atoms with Gasteiger partial charge in [-0.3, -0.25) is 9.97 Å². The maximum Gasteiger partial charge on any atom is 2.00 e. The standard InChI is InChI=1S/2C10H7NO2.4H2O.Zn/c2*12-10(13)9-8-4-2-1-3-7(8)5-6-11-9;;;;;/h2*1-6H,(H,12,13);4*1H2;/q;;;;;;+2. The van der Waals surface area contributed by atoms with Gasteiger partial charge in [0.25, 0.3) is 0 Å². The van der Waals surface area contributed by atoms with E-state index in [4.69, 9.17) is 0 Å². The van der Waals surface area contributed by atoms with Crippen molar-refractivity contribution in [2.24, 2.45) is 0 Å². The van der Waals surface area contributed by atoms with E-state index in [2.05, 4.69) is 9.97 Å². The fraction of sp³-hybridized carbons (Fsp3) is 0. The zero-order chi connectivity index (χ0) is 18.5. The molecule has 0 spiro atoms. The van der Waals surface area contributed by atoms with Crippen molar-refractivity contribution in [3.63, 3.8) is 0 Å². The van der Waals surface area contributed by atoms with E-state index in [0.717, 1.165) is 10.8 Å². The summed E-state index contributed by atoms with van der Waals surface area (Å²) in [6.07, 6.45) is 2.93. The van der Waals surface area contributed by atoms with Crippen LogP contribution in [0.5, 0.6) is 0 Å². The summed E-state index contributed by atoms with van der Waals surface area (Å²) in [5.74, 6) is -2.48. The van der Waals surface area contributed by atoms with Gasteiger partial charge in [0.1, 0.15) is 0 Å². The summed E-state index contributed by atoms with van der Waals surface area (Å²) in [6.45, 7) is 0. The van der Waals surface area contributed by atoms with E-state index >= 15 is 0 Å². The number of aromatic nitrogens is 2. The van der Waals surface area contributed by atoms with Crippen LogP contribution >= 0.6 is 0 Å². The minimum Gasteiger partial charge on any atom is -0.543 e. The second kappa shape index (κ2) is 14.6. The molecule has 0 bridgehead atoms. The maximum atomic E-state index is 10.6. The van der Waals surface area contributed by atoms with E-state index < -0.39 is 11.9 Å². The Bertz CT molecular complexity index is 1020. The largest absolute Gasteiger partial charge is 2.00 e. The van der Waals surface area contributed by atoms with Crippen molar-refractivity contribution in [1.29, 1.82) is 0 Å². The smallest absolute Gasteiger partial charge is 0.543 e. The Hall–Kier alpha value is -3.34. The molecule has 0 saturated heterocycles. The Labute approximate surface area is 189 Å². The van der Waals surface area contributed by atoms with Gasteiger partial charge in [-0.05, 0) is 22.9 Å². The Balaban J connectivity index is -0.000000436. The van der Waals surface area contributed by atoms with Gasteiger partial charge in [0.2, 0.25) is 0 Å². The van der Waals surface area contributed by atoms with Crippen molar-refractivity contribution in [2.75, 3.05) is 0 Å². The number of fused-ring (bicyclic) bond motifs is 2. The van der Waals surface area contributed by atoms with Gasteiger partial charge in [-0.1, -0.05) is 48.5 Å². The topological polar surface area (TPSA) is 235 Å². The normalized spacial score (nSPS) is 8.52. The fourth-order valence-electron chi connectivity index (χ4n) is 2.56. The van der Waals surface area contributed by atoms with Gasteiger partial charge in [-0.15, -0.1) is 0 Å². The number of hydrogen-bond donors (Lipinski definition) is 0. The molecule has 2 heterocycles. The molecule has 10 nitrogen and oxygen atoms in total. The molecule has 160 valence electrons. The van der Waals surface area contributed by atoms with Crippen molar-refractivity contribution < 1.29 is 61.2 Å². The molecule has 0 aliphatic heterocycles. The van der Waals surface area contributed by atoms with Crippen LogP contribution in [-0.2, 0) is 30.4 Å². The molecule has 0 atom stereocenters. The molecule has 11 heteroatoms. The first-order valence-corrected chi connectivity index (χ1v) is 7.68. The van der Waals surface area contributed by atoms with Gasteiger partial charge < -0.3 is 41.7 Å². The molecule has 10 N–H and O–H groups in total. The Morgan fingerprint density at radius 2 is 0.935 bits per heavy atom. The van der Waals surface area contributed by atoms with Crippen LogP contribution in [0.2, 0.25) is 0 Å². The van der Waals surface area contributed by atoms with Crippen LogP contribution in [0.1, 0.15) is 21.0 Å². The Kier molecular flexibility index (Phi) is 15.2. The first-order chi connectivity index (χ1) is 12.6. The number of hydrogen-bond acceptors (Lipinski definition) is 6. The Morgan fingerprint density at radius 3 is 1.26 bits per heavy atom. The number of benzene rings is 2. The molecule has 0 unspecified atom stereocenters. The number of rotatable bonds is 2. The summed E-state index contributed by atoms with van der Waals surface area (Å²) in [5, 5.41) is 24.2. The van der Waals surface area contributed by atoms with E-state index in [1.807, 2.05) is 24.3 Å². The van der Waals surface area contributed by atoms with Gasteiger partial charge >= 0.3 is 19.5 Å². The number of aromatic carboxylic acids is 2. The summed E-state index contributed by atoms with van der Waals surface area (Å²) < 4.78 is 0. The van der Waals surface area contributed by atoms with Crippen LogP contribution in [0.25, 0.3) is 21.5 Å². The monoisotopic (exact) mass is 482 g/mol. The molecule has 2 aromatic heterocycles. The zero-order valence-corrected chi connectivity index (χ0v) is 19.3. The zero-order valence-electron chi connectivity index (χ0n) is 16.3. The van der Waals surface area contributed by atoms with Crippen LogP contribution < -0.4 is 10.2 Å². The summed E-state index contributed by atoms with van der Waals surface area (Å²) in [6, 6.07) is 17.9. The quantitative estimate of drug-likeness (QED) is 0.224. The summed E-state index contributed by atoms with van der Waals surface area (Å²) >= 11 is 0. The van der Waals surface area contributed by atoms with Gasteiger partial charge in [0.05, 0.1) is 23.3 Å². The van der Waals surface area contributed by atoms with Crippen LogP contribution in [0.4, 0.5) is 0 Å². The number of carbonyl (C=O) groups excluding carboxylic acids is 2. The number of nitrogens with zero attached hydrogens (tertiary/aromatic N) is 2. The third-order valence-electron chi connectivity index (χ3n) is 3.73. The fourth-order valence-corrected chi connectivity index (χ4v) is 2.56. The van der Waals surface area contributed by atoms with Crippen LogP contribution in [0, 0.1) is 0 Å². The first kappa shape index (κ1) is 32.3. The average Bonchev–Trinajstić information content (AvgIpc) is 2.67. The number of carbonyl (C=O) groups is 2. The molecule has 0 aliphatic carbocycles. The van der Waals surface area contributed by atoms with E-state index in [-0.39, 0.29) is 52.8 Å². The number of carboxylic acid groups (broad SMARTS) is 2. The van der Waals surface area contributed by atoms with E-state index in [1.54, 1.807) is 36.4 Å². The molecule has 0 saturated carbocycles. The van der Waals surface area contributed by atoms with E-state index in [0.29, 0.717) is 10.8 Å². The van der Waals surface area contributed by atoms with Crippen molar-refractivity contribution in [3.8, 4) is 0 Å². The van der Waals surface area contributed by atoms with Crippen molar-refractivity contribution in [2.45, 2.75) is 0 Å². The van der Waals surface area contributed by atoms with Crippen LogP contribution in [0.3, 0.4) is 0 Å².